The highest BCUT2D eigenvalue weighted by Crippen LogP contribution is 2.27. The van der Waals surface area contributed by atoms with Gasteiger partial charge in [-0.1, -0.05) is 6.07 Å². The molecule has 3 aromatic heterocycles. The van der Waals surface area contributed by atoms with Crippen LogP contribution in [0.15, 0.2) is 58.4 Å². The van der Waals surface area contributed by atoms with Crippen LogP contribution in [0.1, 0.15) is 0 Å². The van der Waals surface area contributed by atoms with Crippen LogP contribution in [0.5, 0.6) is 5.88 Å². The lowest BCUT2D eigenvalue weighted by Gasteiger charge is -2.06. The minimum absolute atomic E-state index is 0.176. The molecule has 0 radical (unpaired) electrons. The number of rotatable bonds is 2. The van der Waals surface area contributed by atoms with E-state index in [1.165, 1.54) is 13.4 Å². The van der Waals surface area contributed by atoms with Crippen LogP contribution in [-0.2, 0) is 0 Å². The van der Waals surface area contributed by atoms with Crippen molar-refractivity contribution in [2.75, 3.05) is 7.11 Å². The van der Waals surface area contributed by atoms with Gasteiger partial charge in [-0.2, -0.15) is 0 Å². The van der Waals surface area contributed by atoms with Gasteiger partial charge in [0.2, 0.25) is 11.3 Å². The van der Waals surface area contributed by atoms with Gasteiger partial charge in [-0.15, -0.1) is 0 Å². The van der Waals surface area contributed by atoms with Crippen LogP contribution >= 0.6 is 0 Å². The summed E-state index contributed by atoms with van der Waals surface area (Å²) in [5.74, 6) is 0.256. The van der Waals surface area contributed by atoms with Crippen LogP contribution in [0.4, 0.5) is 0 Å². The number of methoxy groups -OCH3 is 1. The Morgan fingerprint density at radius 2 is 1.87 bits per heavy atom. The normalized spacial score (nSPS) is 11.0. The number of hydrogen-bond acceptors (Lipinski definition) is 6. The van der Waals surface area contributed by atoms with Gasteiger partial charge in [0.15, 0.2) is 0 Å². The first-order chi connectivity index (χ1) is 11.3. The van der Waals surface area contributed by atoms with Crippen LogP contribution in [0.2, 0.25) is 0 Å². The molecule has 0 spiro atoms. The predicted molar refractivity (Wildman–Crippen MR) is 85.4 cm³/mol. The summed E-state index contributed by atoms with van der Waals surface area (Å²) in [6.07, 6.45) is 6.40. The SMILES string of the molecule is COc1nccc2oc3ccc(-c4cncnc4)cc3c(=O)c12. The van der Waals surface area contributed by atoms with Gasteiger partial charge in [0.25, 0.3) is 0 Å². The molecule has 0 amide bonds. The average molecular weight is 305 g/mol. The largest absolute Gasteiger partial charge is 0.480 e. The van der Waals surface area contributed by atoms with Crippen molar-refractivity contribution in [2.24, 2.45) is 0 Å². The molecule has 0 N–H and O–H groups in total. The van der Waals surface area contributed by atoms with Crippen molar-refractivity contribution in [2.45, 2.75) is 0 Å². The van der Waals surface area contributed by atoms with E-state index in [4.69, 9.17) is 9.15 Å². The molecule has 3 heterocycles. The number of ether oxygens (including phenoxy) is 1. The molecule has 0 aliphatic heterocycles. The van der Waals surface area contributed by atoms with E-state index in [1.54, 1.807) is 36.8 Å². The molecule has 0 saturated heterocycles. The lowest BCUT2D eigenvalue weighted by Crippen LogP contribution is -2.05. The minimum atomic E-state index is -0.176. The van der Waals surface area contributed by atoms with E-state index < -0.39 is 0 Å². The number of hydrogen-bond donors (Lipinski definition) is 0. The summed E-state index contributed by atoms with van der Waals surface area (Å²) in [6, 6.07) is 7.06. The molecule has 0 saturated carbocycles. The fourth-order valence-corrected chi connectivity index (χ4v) is 2.55. The third kappa shape index (κ3) is 2.12. The topological polar surface area (TPSA) is 78.1 Å². The molecule has 0 unspecified atom stereocenters. The Morgan fingerprint density at radius 1 is 1.04 bits per heavy atom. The second-order valence-electron chi connectivity index (χ2n) is 4.96. The van der Waals surface area contributed by atoms with Crippen molar-refractivity contribution in [3.05, 3.63) is 59.4 Å². The molecule has 0 bridgehead atoms. The first kappa shape index (κ1) is 13.4. The van der Waals surface area contributed by atoms with Gasteiger partial charge >= 0.3 is 0 Å². The summed E-state index contributed by atoms with van der Waals surface area (Å²) in [5, 5.41) is 0.800. The molecule has 4 aromatic rings. The maximum atomic E-state index is 12.8. The lowest BCUT2D eigenvalue weighted by molar-refractivity contribution is 0.402. The van der Waals surface area contributed by atoms with Crippen molar-refractivity contribution < 1.29 is 9.15 Å². The zero-order chi connectivity index (χ0) is 15.8. The number of benzene rings is 1. The highest BCUT2D eigenvalue weighted by Gasteiger charge is 2.13. The Labute approximate surface area is 130 Å². The smallest absolute Gasteiger partial charge is 0.228 e. The lowest BCUT2D eigenvalue weighted by atomic mass is 10.1. The number of fused-ring (bicyclic) bond motifs is 2. The van der Waals surface area contributed by atoms with Crippen molar-refractivity contribution in [1.29, 1.82) is 0 Å². The maximum absolute atomic E-state index is 12.8. The van der Waals surface area contributed by atoms with Gasteiger partial charge in [-0.05, 0) is 17.7 Å². The molecule has 112 valence electrons. The van der Waals surface area contributed by atoms with E-state index in [0.717, 1.165) is 11.1 Å². The van der Waals surface area contributed by atoms with Crippen LogP contribution in [0.25, 0.3) is 33.1 Å². The number of aromatic nitrogens is 3. The Balaban J connectivity index is 2.07. The Hall–Kier alpha value is -3.28. The van der Waals surface area contributed by atoms with Crippen molar-refractivity contribution in [3.63, 3.8) is 0 Å². The van der Waals surface area contributed by atoms with Crippen LogP contribution in [0.3, 0.4) is 0 Å². The third-order valence-electron chi connectivity index (χ3n) is 3.64. The van der Waals surface area contributed by atoms with Crippen molar-refractivity contribution in [1.82, 2.24) is 15.0 Å². The van der Waals surface area contributed by atoms with Crippen molar-refractivity contribution >= 4 is 21.9 Å². The minimum Gasteiger partial charge on any atom is -0.480 e. The van der Waals surface area contributed by atoms with E-state index in [-0.39, 0.29) is 11.3 Å². The van der Waals surface area contributed by atoms with Gasteiger partial charge in [-0.25, -0.2) is 15.0 Å². The number of nitrogens with zero attached hydrogens (tertiary/aromatic N) is 3. The van der Waals surface area contributed by atoms with E-state index in [2.05, 4.69) is 15.0 Å². The molecule has 23 heavy (non-hydrogen) atoms. The van der Waals surface area contributed by atoms with Gasteiger partial charge in [0.1, 0.15) is 22.9 Å². The molecular formula is C17H11N3O3. The Morgan fingerprint density at radius 3 is 2.65 bits per heavy atom. The summed E-state index contributed by atoms with van der Waals surface area (Å²) in [7, 11) is 1.48. The quantitative estimate of drug-likeness (QED) is 0.530. The van der Waals surface area contributed by atoms with E-state index in [1.807, 2.05) is 6.07 Å². The predicted octanol–water partition coefficient (Wildman–Crippen LogP) is 2.81. The maximum Gasteiger partial charge on any atom is 0.228 e. The first-order valence-corrected chi connectivity index (χ1v) is 6.93. The second-order valence-corrected chi connectivity index (χ2v) is 4.96. The molecule has 6 heteroatoms. The van der Waals surface area contributed by atoms with Crippen molar-refractivity contribution in [3.8, 4) is 17.0 Å². The molecule has 0 atom stereocenters. The van der Waals surface area contributed by atoms with Crippen LogP contribution in [0, 0.1) is 0 Å². The highest BCUT2D eigenvalue weighted by molar-refractivity contribution is 5.93. The average Bonchev–Trinajstić information content (AvgIpc) is 2.62. The summed E-state index contributed by atoms with van der Waals surface area (Å²) in [4.78, 5) is 24.9. The molecule has 4 rings (SSSR count). The van der Waals surface area contributed by atoms with E-state index in [0.29, 0.717) is 21.9 Å². The molecule has 6 nitrogen and oxygen atoms in total. The zero-order valence-electron chi connectivity index (χ0n) is 12.2. The van der Waals surface area contributed by atoms with E-state index in [9.17, 15) is 4.79 Å². The van der Waals surface area contributed by atoms with Gasteiger partial charge in [-0.3, -0.25) is 4.79 Å². The molecular weight excluding hydrogens is 294 g/mol. The zero-order valence-corrected chi connectivity index (χ0v) is 12.2. The monoisotopic (exact) mass is 305 g/mol. The van der Waals surface area contributed by atoms with Gasteiger partial charge in [0, 0.05) is 30.2 Å². The highest BCUT2D eigenvalue weighted by atomic mass is 16.5. The summed E-state index contributed by atoms with van der Waals surface area (Å²) in [6.45, 7) is 0. The standard InChI is InChI=1S/C17H11N3O3/c1-22-17-15-14(4-5-20-17)23-13-3-2-10(6-12(13)16(15)21)11-7-18-9-19-8-11/h2-9H,1H3. The van der Waals surface area contributed by atoms with E-state index >= 15 is 0 Å². The molecule has 0 aliphatic carbocycles. The summed E-state index contributed by atoms with van der Waals surface area (Å²) < 4.78 is 11.0. The van der Waals surface area contributed by atoms with Gasteiger partial charge < -0.3 is 9.15 Å². The first-order valence-electron chi connectivity index (χ1n) is 6.93. The van der Waals surface area contributed by atoms with Crippen LogP contribution < -0.4 is 10.2 Å². The summed E-state index contributed by atoms with van der Waals surface area (Å²) in [5.41, 5.74) is 2.45. The Bertz CT molecular complexity index is 1070. The Kier molecular flexibility index (Phi) is 3.01. The number of pyridine rings is 1. The van der Waals surface area contributed by atoms with Crippen LogP contribution in [-0.4, -0.2) is 22.1 Å². The fourth-order valence-electron chi connectivity index (χ4n) is 2.55. The fraction of sp³-hybridized carbons (Fsp3) is 0.0588. The molecule has 1 aromatic carbocycles. The second kappa shape index (κ2) is 5.17. The van der Waals surface area contributed by atoms with Gasteiger partial charge in [0.05, 0.1) is 12.5 Å². The summed E-state index contributed by atoms with van der Waals surface area (Å²) >= 11 is 0. The third-order valence-corrected chi connectivity index (χ3v) is 3.64. The molecule has 0 aliphatic rings. The molecule has 0 fully saturated rings.